The van der Waals surface area contributed by atoms with Gasteiger partial charge in [-0.1, -0.05) is 11.6 Å². The minimum atomic E-state index is -3.67. The summed E-state index contributed by atoms with van der Waals surface area (Å²) in [5.41, 5.74) is 0.872. The molecule has 0 saturated carbocycles. The van der Waals surface area contributed by atoms with Gasteiger partial charge in [0.2, 0.25) is 16.0 Å². The molecule has 29 heavy (non-hydrogen) atoms. The topological polar surface area (TPSA) is 96.5 Å². The Morgan fingerprint density at radius 1 is 1.14 bits per heavy atom. The van der Waals surface area contributed by atoms with Crippen molar-refractivity contribution in [3.8, 4) is 5.75 Å². The Bertz CT molecular complexity index is 949. The van der Waals surface area contributed by atoms with Crippen molar-refractivity contribution in [1.82, 2.24) is 14.7 Å². The van der Waals surface area contributed by atoms with E-state index in [0.717, 1.165) is 24.6 Å². The van der Waals surface area contributed by atoms with Crippen LogP contribution in [0, 0.1) is 6.92 Å². The number of ether oxygens (including phenoxy) is 1. The monoisotopic (exact) mass is 439 g/mol. The van der Waals surface area contributed by atoms with Gasteiger partial charge in [-0.2, -0.15) is 4.98 Å². The van der Waals surface area contributed by atoms with Gasteiger partial charge in [0.1, 0.15) is 11.6 Å². The van der Waals surface area contributed by atoms with Crippen molar-refractivity contribution >= 4 is 33.4 Å². The van der Waals surface area contributed by atoms with Crippen molar-refractivity contribution in [2.45, 2.75) is 31.1 Å². The Kier molecular flexibility index (Phi) is 7.15. The van der Waals surface area contributed by atoms with Crippen molar-refractivity contribution in [3.63, 3.8) is 0 Å². The maximum atomic E-state index is 12.4. The van der Waals surface area contributed by atoms with Crippen LogP contribution in [0.1, 0.15) is 25.0 Å². The SMILES string of the molecule is COc1ccc(S(=O)(=O)NCCNc2nc(C)cc(N3CCCCC3)n2)cc1Cl. The van der Waals surface area contributed by atoms with Gasteiger partial charge in [0.05, 0.1) is 17.0 Å². The zero-order chi connectivity index (χ0) is 20.9. The Morgan fingerprint density at radius 3 is 2.59 bits per heavy atom. The van der Waals surface area contributed by atoms with E-state index in [4.69, 9.17) is 16.3 Å². The van der Waals surface area contributed by atoms with E-state index in [1.807, 2.05) is 13.0 Å². The third kappa shape index (κ3) is 5.71. The molecule has 10 heteroatoms. The molecule has 0 aliphatic carbocycles. The first-order valence-electron chi connectivity index (χ1n) is 9.57. The van der Waals surface area contributed by atoms with Gasteiger partial charge in [0, 0.05) is 37.9 Å². The molecule has 0 bridgehead atoms. The molecule has 1 fully saturated rings. The maximum Gasteiger partial charge on any atom is 0.240 e. The predicted molar refractivity (Wildman–Crippen MR) is 115 cm³/mol. The van der Waals surface area contributed by atoms with Crippen LogP contribution in [0.5, 0.6) is 5.75 Å². The van der Waals surface area contributed by atoms with Gasteiger partial charge >= 0.3 is 0 Å². The van der Waals surface area contributed by atoms with Crippen LogP contribution in [0.25, 0.3) is 0 Å². The lowest BCUT2D eigenvalue weighted by molar-refractivity contribution is 0.414. The highest BCUT2D eigenvalue weighted by Gasteiger charge is 2.16. The Labute approximate surface area is 176 Å². The lowest BCUT2D eigenvalue weighted by atomic mass is 10.1. The molecule has 1 aliphatic heterocycles. The van der Waals surface area contributed by atoms with Crippen molar-refractivity contribution in [2.24, 2.45) is 0 Å². The number of rotatable bonds is 8. The van der Waals surface area contributed by atoms with Crippen LogP contribution in [-0.4, -0.2) is 51.7 Å². The molecule has 8 nitrogen and oxygen atoms in total. The zero-order valence-electron chi connectivity index (χ0n) is 16.6. The standard InChI is InChI=1S/C19H26ClN5O3S/c1-14-12-18(25-10-4-3-5-11-25)24-19(23-14)21-8-9-22-29(26,27)15-6-7-17(28-2)16(20)13-15/h6-7,12-13,22H,3-5,8-11H2,1-2H3,(H,21,23,24). The number of nitrogens with zero attached hydrogens (tertiary/aromatic N) is 3. The number of sulfonamides is 1. The Balaban J connectivity index is 1.57. The molecule has 1 saturated heterocycles. The summed E-state index contributed by atoms with van der Waals surface area (Å²) in [5, 5.41) is 3.34. The second-order valence-corrected chi connectivity index (χ2v) is 9.03. The van der Waals surface area contributed by atoms with Crippen molar-refractivity contribution in [1.29, 1.82) is 0 Å². The molecule has 0 spiro atoms. The molecule has 0 unspecified atom stereocenters. The molecule has 1 aromatic carbocycles. The number of anilines is 2. The number of aromatic nitrogens is 2. The van der Waals surface area contributed by atoms with Gasteiger partial charge in [-0.3, -0.25) is 0 Å². The quantitative estimate of drug-likeness (QED) is 0.610. The summed E-state index contributed by atoms with van der Waals surface area (Å²) in [6.07, 6.45) is 3.59. The van der Waals surface area contributed by atoms with Gasteiger partial charge in [0.15, 0.2) is 0 Å². The molecule has 0 radical (unpaired) electrons. The fourth-order valence-electron chi connectivity index (χ4n) is 3.17. The van der Waals surface area contributed by atoms with E-state index >= 15 is 0 Å². The zero-order valence-corrected chi connectivity index (χ0v) is 18.2. The molecule has 0 amide bonds. The van der Waals surface area contributed by atoms with Crippen molar-refractivity contribution < 1.29 is 13.2 Å². The molecule has 2 heterocycles. The molecule has 1 aliphatic rings. The number of halogens is 1. The smallest absolute Gasteiger partial charge is 0.240 e. The first-order valence-corrected chi connectivity index (χ1v) is 11.4. The van der Waals surface area contributed by atoms with Crippen LogP contribution < -0.4 is 19.7 Å². The summed E-state index contributed by atoms with van der Waals surface area (Å²) in [7, 11) is -2.20. The van der Waals surface area contributed by atoms with Crippen molar-refractivity contribution in [3.05, 3.63) is 35.0 Å². The van der Waals surface area contributed by atoms with E-state index in [-0.39, 0.29) is 16.5 Å². The number of hydrogen-bond acceptors (Lipinski definition) is 7. The summed E-state index contributed by atoms with van der Waals surface area (Å²) in [6.45, 7) is 4.46. The lowest BCUT2D eigenvalue weighted by Gasteiger charge is -2.28. The molecule has 1 aromatic heterocycles. The third-order valence-electron chi connectivity index (χ3n) is 4.65. The molecule has 3 rings (SSSR count). The minimum absolute atomic E-state index is 0.0856. The first kappa shape index (κ1) is 21.6. The second kappa shape index (κ2) is 9.60. The number of hydrogen-bond donors (Lipinski definition) is 2. The van der Waals surface area contributed by atoms with E-state index in [1.165, 1.54) is 44.6 Å². The molecule has 158 valence electrons. The van der Waals surface area contributed by atoms with Gasteiger partial charge < -0.3 is 15.0 Å². The fourth-order valence-corrected chi connectivity index (χ4v) is 4.55. The highest BCUT2D eigenvalue weighted by molar-refractivity contribution is 7.89. The van der Waals surface area contributed by atoms with Crippen LogP contribution in [0.2, 0.25) is 5.02 Å². The number of benzene rings is 1. The van der Waals surface area contributed by atoms with Crippen LogP contribution in [0.4, 0.5) is 11.8 Å². The van der Waals surface area contributed by atoms with E-state index in [0.29, 0.717) is 18.2 Å². The van der Waals surface area contributed by atoms with Crippen LogP contribution >= 0.6 is 11.6 Å². The van der Waals surface area contributed by atoms with Crippen LogP contribution in [-0.2, 0) is 10.0 Å². The maximum absolute atomic E-state index is 12.4. The van der Waals surface area contributed by atoms with Gasteiger partial charge in [-0.15, -0.1) is 0 Å². The summed E-state index contributed by atoms with van der Waals surface area (Å²) in [4.78, 5) is 11.3. The first-order chi connectivity index (χ1) is 13.9. The Hall–Kier alpha value is -2.10. The third-order valence-corrected chi connectivity index (χ3v) is 6.41. The molecule has 0 atom stereocenters. The van der Waals surface area contributed by atoms with Crippen LogP contribution in [0.15, 0.2) is 29.2 Å². The number of aryl methyl sites for hydroxylation is 1. The van der Waals surface area contributed by atoms with E-state index < -0.39 is 10.0 Å². The lowest BCUT2D eigenvalue weighted by Crippen LogP contribution is -2.31. The van der Waals surface area contributed by atoms with E-state index in [9.17, 15) is 8.42 Å². The van der Waals surface area contributed by atoms with Crippen LogP contribution in [0.3, 0.4) is 0 Å². The highest BCUT2D eigenvalue weighted by Crippen LogP contribution is 2.26. The fraction of sp³-hybridized carbons (Fsp3) is 0.474. The molecular formula is C19H26ClN5O3S. The normalized spacial score (nSPS) is 14.7. The summed E-state index contributed by atoms with van der Waals surface area (Å²) in [6, 6.07) is 6.32. The largest absolute Gasteiger partial charge is 0.495 e. The second-order valence-electron chi connectivity index (χ2n) is 6.86. The van der Waals surface area contributed by atoms with E-state index in [1.54, 1.807) is 0 Å². The van der Waals surface area contributed by atoms with Gasteiger partial charge in [-0.05, 0) is 44.4 Å². The van der Waals surface area contributed by atoms with E-state index in [2.05, 4.69) is 24.9 Å². The number of piperidine rings is 1. The number of methoxy groups -OCH3 is 1. The average Bonchev–Trinajstić information content (AvgIpc) is 2.71. The predicted octanol–water partition coefficient (Wildman–Crippen LogP) is 2.83. The number of nitrogens with one attached hydrogen (secondary N) is 2. The van der Waals surface area contributed by atoms with Gasteiger partial charge in [-0.25, -0.2) is 18.1 Å². The van der Waals surface area contributed by atoms with Crippen molar-refractivity contribution in [2.75, 3.05) is 43.5 Å². The highest BCUT2D eigenvalue weighted by atomic mass is 35.5. The minimum Gasteiger partial charge on any atom is -0.495 e. The summed E-state index contributed by atoms with van der Waals surface area (Å²) < 4.78 is 32.5. The summed E-state index contributed by atoms with van der Waals surface area (Å²) in [5.74, 6) is 1.83. The van der Waals surface area contributed by atoms with Gasteiger partial charge in [0.25, 0.3) is 0 Å². The molecule has 2 aromatic rings. The molecule has 2 N–H and O–H groups in total. The summed E-state index contributed by atoms with van der Waals surface area (Å²) >= 11 is 6.02. The molecular weight excluding hydrogens is 414 g/mol. The average molecular weight is 440 g/mol. The Morgan fingerprint density at radius 2 is 1.90 bits per heavy atom.